The molecular formula is C25H40N6O. The maximum Gasteiger partial charge on any atom is 0.234 e. The molecule has 2 aromatic rings. The summed E-state index contributed by atoms with van der Waals surface area (Å²) in [5, 5.41) is 11.3. The standard InChI is InChI=1S/C25H40N6O/c1-4-13-27-23(32)18-31-15-11-21(12-16-31)30-25(26-6-3)28-14-10-20-17-29-24-19(5-2)8-7-9-22(20)24/h7-9,17,21,29H,4-6,10-16,18H2,1-3H3,(H,27,32)(H2,26,28,30). The van der Waals surface area contributed by atoms with Gasteiger partial charge in [0.1, 0.15) is 0 Å². The highest BCUT2D eigenvalue weighted by Crippen LogP contribution is 2.22. The van der Waals surface area contributed by atoms with Crippen LogP contribution in [0, 0.1) is 0 Å². The molecule has 1 aliphatic heterocycles. The molecule has 0 atom stereocenters. The number of guanidine groups is 1. The van der Waals surface area contributed by atoms with E-state index in [2.05, 4.69) is 71.0 Å². The van der Waals surface area contributed by atoms with Crippen molar-refractivity contribution in [3.63, 3.8) is 0 Å². The van der Waals surface area contributed by atoms with Gasteiger partial charge in [0.15, 0.2) is 5.96 Å². The van der Waals surface area contributed by atoms with E-state index in [1.54, 1.807) is 0 Å². The van der Waals surface area contributed by atoms with E-state index >= 15 is 0 Å². The second-order valence-electron chi connectivity index (χ2n) is 8.56. The quantitative estimate of drug-likeness (QED) is 0.338. The first-order valence-corrected chi connectivity index (χ1v) is 12.3. The molecule has 1 saturated heterocycles. The number of rotatable bonds is 10. The Bertz CT molecular complexity index is 882. The molecule has 0 saturated carbocycles. The van der Waals surface area contributed by atoms with Gasteiger partial charge in [-0.25, -0.2) is 0 Å². The summed E-state index contributed by atoms with van der Waals surface area (Å²) in [4.78, 5) is 22.5. The predicted octanol–water partition coefficient (Wildman–Crippen LogP) is 2.82. The van der Waals surface area contributed by atoms with Crippen LogP contribution >= 0.6 is 0 Å². The van der Waals surface area contributed by atoms with Crippen molar-refractivity contribution < 1.29 is 4.79 Å². The minimum atomic E-state index is 0.136. The van der Waals surface area contributed by atoms with Crippen LogP contribution in [0.2, 0.25) is 0 Å². The molecule has 1 fully saturated rings. The van der Waals surface area contributed by atoms with Crippen molar-refractivity contribution >= 4 is 22.8 Å². The Balaban J connectivity index is 1.49. The molecule has 1 aromatic carbocycles. The van der Waals surface area contributed by atoms with Crippen molar-refractivity contribution in [1.29, 1.82) is 0 Å². The minimum absolute atomic E-state index is 0.136. The summed E-state index contributed by atoms with van der Waals surface area (Å²) in [6.45, 7) is 11.1. The minimum Gasteiger partial charge on any atom is -0.361 e. The number of hydrogen-bond acceptors (Lipinski definition) is 3. The molecule has 32 heavy (non-hydrogen) atoms. The number of aliphatic imine (C=N–C) groups is 1. The molecule has 2 heterocycles. The van der Waals surface area contributed by atoms with Crippen LogP contribution in [0.25, 0.3) is 10.9 Å². The number of para-hydroxylation sites is 1. The third-order valence-electron chi connectivity index (χ3n) is 6.13. The Kier molecular flexibility index (Phi) is 9.41. The summed E-state index contributed by atoms with van der Waals surface area (Å²) < 4.78 is 0. The fourth-order valence-electron chi connectivity index (χ4n) is 4.34. The molecule has 4 N–H and O–H groups in total. The average Bonchev–Trinajstić information content (AvgIpc) is 3.22. The average molecular weight is 441 g/mol. The van der Waals surface area contributed by atoms with E-state index in [0.29, 0.717) is 12.6 Å². The van der Waals surface area contributed by atoms with Gasteiger partial charge in [0.25, 0.3) is 0 Å². The Hall–Kier alpha value is -2.54. The number of benzene rings is 1. The number of H-pyrrole nitrogens is 1. The van der Waals surface area contributed by atoms with E-state index in [0.717, 1.165) is 70.8 Å². The van der Waals surface area contributed by atoms with Crippen molar-refractivity contribution in [3.8, 4) is 0 Å². The maximum atomic E-state index is 11.9. The number of aromatic amines is 1. The number of aryl methyl sites for hydroxylation is 1. The number of nitrogens with zero attached hydrogens (tertiary/aromatic N) is 2. The topological polar surface area (TPSA) is 84.6 Å². The molecule has 1 aromatic heterocycles. The number of aromatic nitrogens is 1. The van der Waals surface area contributed by atoms with Gasteiger partial charge in [-0.2, -0.15) is 0 Å². The summed E-state index contributed by atoms with van der Waals surface area (Å²) in [5.41, 5.74) is 3.94. The fraction of sp³-hybridized carbons (Fsp3) is 0.600. The van der Waals surface area contributed by atoms with Crippen LogP contribution in [-0.4, -0.2) is 67.1 Å². The van der Waals surface area contributed by atoms with Crippen LogP contribution in [0.4, 0.5) is 0 Å². The number of carbonyl (C=O) groups is 1. The summed E-state index contributed by atoms with van der Waals surface area (Å²) in [7, 11) is 0. The van der Waals surface area contributed by atoms with Gasteiger partial charge in [-0.15, -0.1) is 0 Å². The number of likely N-dealkylation sites (tertiary alicyclic amines) is 1. The zero-order valence-electron chi connectivity index (χ0n) is 20.0. The normalized spacial score (nSPS) is 15.8. The highest BCUT2D eigenvalue weighted by molar-refractivity contribution is 5.86. The molecular weight excluding hydrogens is 400 g/mol. The molecule has 176 valence electrons. The van der Waals surface area contributed by atoms with Gasteiger partial charge in [-0.1, -0.05) is 32.0 Å². The van der Waals surface area contributed by atoms with Gasteiger partial charge in [-0.3, -0.25) is 14.7 Å². The van der Waals surface area contributed by atoms with Crippen molar-refractivity contribution in [2.24, 2.45) is 4.99 Å². The first-order chi connectivity index (χ1) is 15.6. The van der Waals surface area contributed by atoms with E-state index in [1.165, 1.54) is 22.0 Å². The SMILES string of the molecule is CCCNC(=O)CN1CCC(NC(=NCCc2c[nH]c3c(CC)cccc23)NCC)CC1. The molecule has 0 bridgehead atoms. The number of piperidine rings is 1. The number of carbonyl (C=O) groups excluding carboxylic acids is 1. The number of fused-ring (bicyclic) bond motifs is 1. The lowest BCUT2D eigenvalue weighted by atomic mass is 10.1. The zero-order chi connectivity index (χ0) is 22.8. The molecule has 3 rings (SSSR count). The first-order valence-electron chi connectivity index (χ1n) is 12.3. The van der Waals surface area contributed by atoms with Gasteiger partial charge in [0, 0.05) is 55.9 Å². The summed E-state index contributed by atoms with van der Waals surface area (Å²) >= 11 is 0. The lowest BCUT2D eigenvalue weighted by molar-refractivity contribution is -0.122. The molecule has 7 nitrogen and oxygen atoms in total. The Morgan fingerprint density at radius 2 is 1.97 bits per heavy atom. The number of hydrogen-bond donors (Lipinski definition) is 4. The van der Waals surface area contributed by atoms with E-state index in [1.807, 2.05) is 0 Å². The number of amides is 1. The smallest absolute Gasteiger partial charge is 0.234 e. The summed E-state index contributed by atoms with van der Waals surface area (Å²) in [6.07, 6.45) is 7.10. The van der Waals surface area contributed by atoms with Crippen LogP contribution in [0.15, 0.2) is 29.4 Å². The number of nitrogens with one attached hydrogen (secondary N) is 4. The van der Waals surface area contributed by atoms with Crippen molar-refractivity contribution in [2.45, 2.75) is 58.9 Å². The van der Waals surface area contributed by atoms with Gasteiger partial charge in [0.05, 0.1) is 6.54 Å². The molecule has 0 unspecified atom stereocenters. The molecule has 0 aliphatic carbocycles. The van der Waals surface area contributed by atoms with Crippen LogP contribution in [0.1, 0.15) is 51.2 Å². The van der Waals surface area contributed by atoms with Crippen molar-refractivity contribution in [3.05, 3.63) is 35.5 Å². The van der Waals surface area contributed by atoms with Crippen LogP contribution in [-0.2, 0) is 17.6 Å². The molecule has 1 aliphatic rings. The van der Waals surface area contributed by atoms with Crippen LogP contribution in [0.5, 0.6) is 0 Å². The summed E-state index contributed by atoms with van der Waals surface area (Å²) in [5.74, 6) is 1.03. The van der Waals surface area contributed by atoms with Gasteiger partial charge < -0.3 is 20.9 Å². The van der Waals surface area contributed by atoms with Crippen LogP contribution < -0.4 is 16.0 Å². The summed E-state index contributed by atoms with van der Waals surface area (Å²) in [6, 6.07) is 6.93. The maximum absolute atomic E-state index is 11.9. The van der Waals surface area contributed by atoms with Crippen LogP contribution in [0.3, 0.4) is 0 Å². The molecule has 1 amide bonds. The van der Waals surface area contributed by atoms with E-state index in [4.69, 9.17) is 4.99 Å². The Morgan fingerprint density at radius 3 is 2.69 bits per heavy atom. The second kappa shape index (κ2) is 12.5. The Morgan fingerprint density at radius 1 is 1.16 bits per heavy atom. The highest BCUT2D eigenvalue weighted by atomic mass is 16.2. The Labute approximate surface area is 192 Å². The third kappa shape index (κ3) is 6.73. The van der Waals surface area contributed by atoms with Gasteiger partial charge in [0.2, 0.25) is 5.91 Å². The van der Waals surface area contributed by atoms with E-state index in [9.17, 15) is 4.79 Å². The highest BCUT2D eigenvalue weighted by Gasteiger charge is 2.21. The zero-order valence-corrected chi connectivity index (χ0v) is 20.0. The third-order valence-corrected chi connectivity index (χ3v) is 6.13. The van der Waals surface area contributed by atoms with Crippen molar-refractivity contribution in [1.82, 2.24) is 25.8 Å². The molecule has 7 heteroatoms. The monoisotopic (exact) mass is 440 g/mol. The fourth-order valence-corrected chi connectivity index (χ4v) is 4.34. The second-order valence-corrected chi connectivity index (χ2v) is 8.56. The van der Waals surface area contributed by atoms with Gasteiger partial charge in [-0.05, 0) is 50.2 Å². The lowest BCUT2D eigenvalue weighted by Crippen LogP contribution is -2.50. The first kappa shape index (κ1) is 24.1. The predicted molar refractivity (Wildman–Crippen MR) is 133 cm³/mol. The lowest BCUT2D eigenvalue weighted by Gasteiger charge is -2.32. The largest absolute Gasteiger partial charge is 0.361 e. The van der Waals surface area contributed by atoms with E-state index in [-0.39, 0.29) is 5.91 Å². The van der Waals surface area contributed by atoms with Crippen molar-refractivity contribution in [2.75, 3.05) is 39.3 Å². The molecule has 0 radical (unpaired) electrons. The van der Waals surface area contributed by atoms with Gasteiger partial charge >= 0.3 is 0 Å². The molecule has 0 spiro atoms. The van der Waals surface area contributed by atoms with E-state index < -0.39 is 0 Å².